The molecule has 1 aliphatic carbocycles. The van der Waals surface area contributed by atoms with Crippen molar-refractivity contribution in [2.75, 3.05) is 13.1 Å². The van der Waals surface area contributed by atoms with Crippen molar-refractivity contribution in [2.45, 2.75) is 51.9 Å². The standard InChI is InChI=1S/C15H23NO3/c1-15(14(18)19)8-5-9-16(11-15)13(17)10-12-6-3-2-4-7-12/h6H,2-5,7-11H2,1H3,(H,18,19). The fourth-order valence-electron chi connectivity index (χ4n) is 3.00. The molecule has 0 bridgehead atoms. The molecule has 2 rings (SSSR count). The Morgan fingerprint density at radius 3 is 2.79 bits per heavy atom. The third-order valence-corrected chi connectivity index (χ3v) is 4.33. The third-order valence-electron chi connectivity index (χ3n) is 4.33. The highest BCUT2D eigenvalue weighted by Crippen LogP contribution is 2.30. The van der Waals surface area contributed by atoms with Gasteiger partial charge in [0.25, 0.3) is 0 Å². The minimum absolute atomic E-state index is 0.0975. The van der Waals surface area contributed by atoms with E-state index in [-0.39, 0.29) is 5.91 Å². The number of allylic oxidation sites excluding steroid dienone is 1. The Labute approximate surface area is 114 Å². The fourth-order valence-corrected chi connectivity index (χ4v) is 3.00. The van der Waals surface area contributed by atoms with Crippen molar-refractivity contribution in [1.29, 1.82) is 0 Å². The van der Waals surface area contributed by atoms with E-state index in [0.29, 0.717) is 25.9 Å². The summed E-state index contributed by atoms with van der Waals surface area (Å²) in [6.07, 6.45) is 8.61. The average molecular weight is 265 g/mol. The number of hydrogen-bond acceptors (Lipinski definition) is 2. The largest absolute Gasteiger partial charge is 0.481 e. The van der Waals surface area contributed by atoms with Crippen LogP contribution in [0.15, 0.2) is 11.6 Å². The normalized spacial score (nSPS) is 27.8. The van der Waals surface area contributed by atoms with Crippen LogP contribution in [0, 0.1) is 5.41 Å². The smallest absolute Gasteiger partial charge is 0.311 e. The van der Waals surface area contributed by atoms with Crippen molar-refractivity contribution in [2.24, 2.45) is 5.41 Å². The number of rotatable bonds is 3. The van der Waals surface area contributed by atoms with Gasteiger partial charge in [-0.15, -0.1) is 0 Å². The molecule has 19 heavy (non-hydrogen) atoms. The summed E-state index contributed by atoms with van der Waals surface area (Å²) in [4.78, 5) is 25.3. The van der Waals surface area contributed by atoms with E-state index >= 15 is 0 Å². The number of carboxylic acid groups (broad SMARTS) is 1. The zero-order chi connectivity index (χ0) is 13.9. The Bertz CT molecular complexity index is 402. The van der Waals surface area contributed by atoms with Crippen molar-refractivity contribution in [3.05, 3.63) is 11.6 Å². The molecular weight excluding hydrogens is 242 g/mol. The van der Waals surface area contributed by atoms with Gasteiger partial charge in [-0.3, -0.25) is 9.59 Å². The molecule has 0 aromatic heterocycles. The molecule has 1 atom stereocenters. The van der Waals surface area contributed by atoms with Crippen LogP contribution >= 0.6 is 0 Å². The number of hydrogen-bond donors (Lipinski definition) is 1. The van der Waals surface area contributed by atoms with Gasteiger partial charge in [-0.05, 0) is 45.4 Å². The Morgan fingerprint density at radius 1 is 1.37 bits per heavy atom. The van der Waals surface area contributed by atoms with Crippen LogP contribution in [-0.4, -0.2) is 35.0 Å². The Kier molecular flexibility index (Phi) is 4.27. The molecule has 0 saturated carbocycles. The zero-order valence-corrected chi connectivity index (χ0v) is 11.7. The van der Waals surface area contributed by atoms with Crippen molar-refractivity contribution in [3.8, 4) is 0 Å². The van der Waals surface area contributed by atoms with Crippen molar-refractivity contribution in [1.82, 2.24) is 4.90 Å². The summed E-state index contributed by atoms with van der Waals surface area (Å²) in [5.74, 6) is -0.692. The molecule has 1 heterocycles. The van der Waals surface area contributed by atoms with Crippen LogP contribution in [0.25, 0.3) is 0 Å². The number of nitrogens with zero attached hydrogens (tertiary/aromatic N) is 1. The number of likely N-dealkylation sites (tertiary alicyclic amines) is 1. The lowest BCUT2D eigenvalue weighted by atomic mass is 9.82. The second kappa shape index (κ2) is 5.76. The summed E-state index contributed by atoms with van der Waals surface area (Å²) in [6, 6.07) is 0. The van der Waals surface area contributed by atoms with Gasteiger partial charge in [0.15, 0.2) is 0 Å². The maximum absolute atomic E-state index is 12.3. The molecule has 1 unspecified atom stereocenters. The van der Waals surface area contributed by atoms with E-state index in [9.17, 15) is 14.7 Å². The molecular formula is C15H23NO3. The van der Waals surface area contributed by atoms with Gasteiger partial charge in [-0.25, -0.2) is 0 Å². The van der Waals surface area contributed by atoms with Crippen LogP contribution in [0.3, 0.4) is 0 Å². The lowest BCUT2D eigenvalue weighted by Gasteiger charge is -2.37. The molecule has 4 nitrogen and oxygen atoms in total. The van der Waals surface area contributed by atoms with Gasteiger partial charge in [0, 0.05) is 19.5 Å². The van der Waals surface area contributed by atoms with Crippen LogP contribution in [0.2, 0.25) is 0 Å². The summed E-state index contributed by atoms with van der Waals surface area (Å²) in [5, 5.41) is 9.27. The second-order valence-corrected chi connectivity index (χ2v) is 6.07. The molecule has 1 aliphatic heterocycles. The van der Waals surface area contributed by atoms with Crippen molar-refractivity contribution >= 4 is 11.9 Å². The minimum atomic E-state index is -0.790. The highest BCUT2D eigenvalue weighted by molar-refractivity contribution is 5.81. The van der Waals surface area contributed by atoms with E-state index in [1.807, 2.05) is 0 Å². The number of piperidine rings is 1. The molecule has 1 fully saturated rings. The molecule has 4 heteroatoms. The first-order chi connectivity index (χ1) is 9.01. The first kappa shape index (κ1) is 14.1. The number of aliphatic carboxylic acids is 1. The fraction of sp³-hybridized carbons (Fsp3) is 0.733. The molecule has 0 aromatic carbocycles. The molecule has 0 aromatic rings. The molecule has 0 radical (unpaired) electrons. The van der Waals surface area contributed by atoms with E-state index in [2.05, 4.69) is 6.08 Å². The molecule has 2 aliphatic rings. The average Bonchev–Trinajstić information content (AvgIpc) is 2.40. The van der Waals surface area contributed by atoms with Crippen molar-refractivity contribution < 1.29 is 14.7 Å². The van der Waals surface area contributed by atoms with Gasteiger partial charge >= 0.3 is 5.97 Å². The quantitative estimate of drug-likeness (QED) is 0.798. The van der Waals surface area contributed by atoms with Gasteiger partial charge in [-0.1, -0.05) is 11.6 Å². The SMILES string of the molecule is CC1(C(=O)O)CCCN(C(=O)CC2=CCCCC2)C1. The van der Waals surface area contributed by atoms with E-state index in [0.717, 1.165) is 19.3 Å². The third kappa shape index (κ3) is 3.37. The maximum Gasteiger partial charge on any atom is 0.311 e. The summed E-state index contributed by atoms with van der Waals surface area (Å²) in [7, 11) is 0. The number of carbonyl (C=O) groups is 2. The second-order valence-electron chi connectivity index (χ2n) is 6.07. The molecule has 0 spiro atoms. The molecule has 1 amide bonds. The highest BCUT2D eigenvalue weighted by atomic mass is 16.4. The first-order valence-electron chi connectivity index (χ1n) is 7.20. The van der Waals surface area contributed by atoms with E-state index in [1.54, 1.807) is 11.8 Å². The highest BCUT2D eigenvalue weighted by Gasteiger charge is 2.39. The van der Waals surface area contributed by atoms with Gasteiger partial charge in [0.1, 0.15) is 0 Å². The Balaban J connectivity index is 1.95. The molecule has 1 saturated heterocycles. The monoisotopic (exact) mass is 265 g/mol. The lowest BCUT2D eigenvalue weighted by molar-refractivity contribution is -0.153. The van der Waals surface area contributed by atoms with Crippen LogP contribution in [0.5, 0.6) is 0 Å². The number of amides is 1. The molecule has 1 N–H and O–H groups in total. The minimum Gasteiger partial charge on any atom is -0.481 e. The van der Waals surface area contributed by atoms with E-state index in [1.165, 1.54) is 18.4 Å². The predicted octanol–water partition coefficient (Wildman–Crippen LogP) is 2.59. The van der Waals surface area contributed by atoms with Crippen LogP contribution in [0.1, 0.15) is 51.9 Å². The van der Waals surface area contributed by atoms with Gasteiger partial charge < -0.3 is 10.0 Å². The van der Waals surface area contributed by atoms with Crippen LogP contribution in [0.4, 0.5) is 0 Å². The maximum atomic E-state index is 12.3. The van der Waals surface area contributed by atoms with Gasteiger partial charge in [0.05, 0.1) is 5.41 Å². The van der Waals surface area contributed by atoms with Gasteiger partial charge in [0.2, 0.25) is 5.91 Å². The van der Waals surface area contributed by atoms with Gasteiger partial charge in [-0.2, -0.15) is 0 Å². The summed E-state index contributed by atoms with van der Waals surface area (Å²) in [6.45, 7) is 2.80. The van der Waals surface area contributed by atoms with E-state index in [4.69, 9.17) is 0 Å². The summed E-state index contributed by atoms with van der Waals surface area (Å²) < 4.78 is 0. The lowest BCUT2D eigenvalue weighted by Crippen LogP contribution is -2.48. The van der Waals surface area contributed by atoms with Crippen molar-refractivity contribution in [3.63, 3.8) is 0 Å². The van der Waals surface area contributed by atoms with E-state index < -0.39 is 11.4 Å². The summed E-state index contributed by atoms with van der Waals surface area (Å²) >= 11 is 0. The first-order valence-corrected chi connectivity index (χ1v) is 7.20. The van der Waals surface area contributed by atoms with Crippen LogP contribution in [-0.2, 0) is 9.59 Å². The summed E-state index contributed by atoms with van der Waals surface area (Å²) in [5.41, 5.74) is 0.466. The Hall–Kier alpha value is -1.32. The molecule has 106 valence electrons. The predicted molar refractivity (Wildman–Crippen MR) is 72.7 cm³/mol. The zero-order valence-electron chi connectivity index (χ0n) is 11.7. The topological polar surface area (TPSA) is 57.6 Å². The Morgan fingerprint density at radius 2 is 2.16 bits per heavy atom. The van der Waals surface area contributed by atoms with Crippen LogP contribution < -0.4 is 0 Å². The number of carbonyl (C=O) groups excluding carboxylic acids is 1. The number of carboxylic acids is 1.